The van der Waals surface area contributed by atoms with Gasteiger partial charge in [0, 0.05) is 18.2 Å². The van der Waals surface area contributed by atoms with Crippen molar-refractivity contribution in [2.24, 2.45) is 0 Å². The molecule has 3 aromatic rings. The van der Waals surface area contributed by atoms with E-state index in [1.807, 2.05) is 59.3 Å². The maximum absolute atomic E-state index is 12.0. The van der Waals surface area contributed by atoms with Crippen LogP contribution in [0.5, 0.6) is 0 Å². The van der Waals surface area contributed by atoms with Crippen molar-refractivity contribution in [2.45, 2.75) is 6.92 Å². The van der Waals surface area contributed by atoms with Crippen molar-refractivity contribution in [3.63, 3.8) is 0 Å². The Balaban J connectivity index is 2.23. The quantitative estimate of drug-likeness (QED) is 0.545. The summed E-state index contributed by atoms with van der Waals surface area (Å²) in [4.78, 5) is 13.2. The van der Waals surface area contributed by atoms with Gasteiger partial charge in [-0.2, -0.15) is 4.40 Å². The van der Waals surface area contributed by atoms with Crippen molar-refractivity contribution in [3.05, 3.63) is 59.6 Å². The molecule has 100 valence electrons. The number of fused-ring (bicyclic) bond motifs is 1. The monoisotopic (exact) mass is 284 g/mol. The molecule has 0 radical (unpaired) electrons. The Hall–Kier alpha value is -2.20. The number of thiophene rings is 1. The average Bonchev–Trinajstić information content (AvgIpc) is 3.00. The Kier molecular flexibility index (Phi) is 3.48. The van der Waals surface area contributed by atoms with E-state index >= 15 is 0 Å². The summed E-state index contributed by atoms with van der Waals surface area (Å²) in [5.74, 6) is -0.283. The van der Waals surface area contributed by atoms with Gasteiger partial charge in [0.1, 0.15) is 5.56 Å². The summed E-state index contributed by atoms with van der Waals surface area (Å²) in [6.07, 6.45) is 1.97. The highest BCUT2D eigenvalue weighted by molar-refractivity contribution is 7.13. The van der Waals surface area contributed by atoms with Crippen LogP contribution in [0.2, 0.25) is 0 Å². The third-order valence-corrected chi connectivity index (χ3v) is 3.96. The number of hydrogen-bond donors (Lipinski definition) is 0. The number of aromatic nitrogens is 1. The van der Waals surface area contributed by atoms with Crippen molar-refractivity contribution < 1.29 is 13.9 Å². The molecule has 20 heavy (non-hydrogen) atoms. The van der Waals surface area contributed by atoms with Gasteiger partial charge >= 0.3 is 5.97 Å². The molecule has 0 aromatic carbocycles. The first kappa shape index (κ1) is 12.8. The lowest BCUT2D eigenvalue weighted by Crippen LogP contribution is -2.26. The molecule has 3 heterocycles. The van der Waals surface area contributed by atoms with Gasteiger partial charge in [-0.15, -0.1) is 11.3 Å². The van der Waals surface area contributed by atoms with Crippen LogP contribution in [-0.4, -0.2) is 12.6 Å². The maximum atomic E-state index is 12.0. The van der Waals surface area contributed by atoms with Crippen molar-refractivity contribution in [1.82, 2.24) is 0 Å². The van der Waals surface area contributed by atoms with Crippen LogP contribution >= 0.6 is 11.3 Å². The van der Waals surface area contributed by atoms with Crippen molar-refractivity contribution in [1.29, 1.82) is 0 Å². The fraction of sp³-hybridized carbons (Fsp3) is 0.125. The van der Waals surface area contributed by atoms with Crippen molar-refractivity contribution in [2.75, 3.05) is 6.61 Å². The van der Waals surface area contributed by atoms with Gasteiger partial charge in [-0.25, -0.2) is 4.79 Å². The van der Waals surface area contributed by atoms with E-state index in [1.54, 1.807) is 11.3 Å². The Morgan fingerprint density at radius 3 is 2.85 bits per heavy atom. The highest BCUT2D eigenvalue weighted by Crippen LogP contribution is 2.23. The van der Waals surface area contributed by atoms with Crippen LogP contribution in [0.3, 0.4) is 0 Å². The molecule has 0 aliphatic rings. The molecular weight excluding hydrogens is 270 g/mol. The summed E-state index contributed by atoms with van der Waals surface area (Å²) in [6.45, 7) is 2.19. The molecule has 3 aromatic heterocycles. The van der Waals surface area contributed by atoms with E-state index in [2.05, 4.69) is 6.07 Å². The zero-order chi connectivity index (χ0) is 13.9. The minimum absolute atomic E-state index is 0.283. The number of pyridine rings is 2. The van der Waals surface area contributed by atoms with E-state index in [9.17, 15) is 4.79 Å². The molecule has 0 aliphatic carbocycles. The molecule has 3 nitrogen and oxygen atoms in total. The highest BCUT2D eigenvalue weighted by Gasteiger charge is 2.20. The van der Waals surface area contributed by atoms with E-state index in [1.165, 1.54) is 4.88 Å². The van der Waals surface area contributed by atoms with E-state index < -0.39 is 0 Å². The second kappa shape index (κ2) is 5.43. The molecule has 0 unspecified atom stereocenters. The van der Waals surface area contributed by atoms with Crippen molar-refractivity contribution >= 4 is 22.8 Å². The molecule has 3 rings (SSSR count). The summed E-state index contributed by atoms with van der Waals surface area (Å²) in [5, 5.41) is 2.05. The number of nitrogens with zero attached hydrogens (tertiary/aromatic N) is 1. The van der Waals surface area contributed by atoms with Crippen LogP contribution in [0.25, 0.3) is 16.1 Å². The summed E-state index contributed by atoms with van der Waals surface area (Å²) < 4.78 is 7.14. The lowest BCUT2D eigenvalue weighted by Gasteiger charge is -2.04. The zero-order valence-electron chi connectivity index (χ0n) is 11.1. The molecule has 0 spiro atoms. The predicted octanol–water partition coefficient (Wildman–Crippen LogP) is 3.33. The third kappa shape index (κ3) is 2.18. The Labute approximate surface area is 121 Å². The molecule has 4 heteroatoms. The SMILES string of the molecule is CCOC(=O)c1ccc(-c2cccs2)[n+]2ccccc12. The average molecular weight is 284 g/mol. The number of carbonyl (C=O) groups is 1. The van der Waals surface area contributed by atoms with Gasteiger partial charge < -0.3 is 4.74 Å². The predicted molar refractivity (Wildman–Crippen MR) is 78.9 cm³/mol. The summed E-state index contributed by atoms with van der Waals surface area (Å²) >= 11 is 1.68. The summed E-state index contributed by atoms with van der Waals surface area (Å²) in [5.41, 5.74) is 2.52. The van der Waals surface area contributed by atoms with Crippen LogP contribution in [0.4, 0.5) is 0 Å². The minimum Gasteiger partial charge on any atom is -0.462 e. The van der Waals surface area contributed by atoms with Gasteiger partial charge in [-0.05, 0) is 30.5 Å². The first-order valence-electron chi connectivity index (χ1n) is 6.45. The molecule has 0 saturated heterocycles. The molecular formula is C16H14NO2S+. The molecule has 0 saturated carbocycles. The molecule has 0 fully saturated rings. The lowest BCUT2D eigenvalue weighted by molar-refractivity contribution is -0.499. The van der Waals surface area contributed by atoms with E-state index in [0.717, 1.165) is 11.2 Å². The topological polar surface area (TPSA) is 30.4 Å². The third-order valence-electron chi connectivity index (χ3n) is 3.07. The number of carbonyl (C=O) groups excluding carboxylic acids is 1. The number of esters is 1. The van der Waals surface area contributed by atoms with Gasteiger partial charge in [0.05, 0.1) is 11.5 Å². The van der Waals surface area contributed by atoms with E-state index in [0.29, 0.717) is 12.2 Å². The largest absolute Gasteiger partial charge is 0.462 e. The smallest absolute Gasteiger partial charge is 0.344 e. The molecule has 0 amide bonds. The Morgan fingerprint density at radius 2 is 2.10 bits per heavy atom. The molecule has 0 N–H and O–H groups in total. The van der Waals surface area contributed by atoms with E-state index in [-0.39, 0.29) is 5.97 Å². The lowest BCUT2D eigenvalue weighted by atomic mass is 10.1. The van der Waals surface area contributed by atoms with Crippen LogP contribution in [0, 0.1) is 0 Å². The van der Waals surface area contributed by atoms with Crippen LogP contribution in [0.15, 0.2) is 54.0 Å². The van der Waals surface area contributed by atoms with Gasteiger partial charge in [0.15, 0.2) is 6.20 Å². The van der Waals surface area contributed by atoms with Crippen LogP contribution < -0.4 is 4.40 Å². The van der Waals surface area contributed by atoms with Crippen LogP contribution in [0.1, 0.15) is 17.3 Å². The summed E-state index contributed by atoms with van der Waals surface area (Å²) in [7, 11) is 0. The Bertz CT molecular complexity index is 750. The Morgan fingerprint density at radius 1 is 1.20 bits per heavy atom. The van der Waals surface area contributed by atoms with Gasteiger partial charge in [0.2, 0.25) is 11.2 Å². The maximum Gasteiger partial charge on any atom is 0.344 e. The second-order valence-electron chi connectivity index (χ2n) is 4.29. The zero-order valence-corrected chi connectivity index (χ0v) is 11.9. The normalized spacial score (nSPS) is 10.7. The van der Waals surface area contributed by atoms with Gasteiger partial charge in [-0.3, -0.25) is 0 Å². The van der Waals surface area contributed by atoms with Crippen LogP contribution in [-0.2, 0) is 4.74 Å². The minimum atomic E-state index is -0.283. The van der Waals surface area contributed by atoms with Crippen molar-refractivity contribution in [3.8, 4) is 10.6 Å². The number of hydrogen-bond acceptors (Lipinski definition) is 3. The molecule has 0 bridgehead atoms. The molecule has 0 aliphatic heterocycles. The fourth-order valence-corrected chi connectivity index (χ4v) is 2.96. The number of ether oxygens (including phenoxy) is 1. The second-order valence-corrected chi connectivity index (χ2v) is 5.23. The summed E-state index contributed by atoms with van der Waals surface area (Å²) in [6, 6.07) is 13.7. The number of rotatable bonds is 3. The van der Waals surface area contributed by atoms with E-state index in [4.69, 9.17) is 4.74 Å². The first-order chi connectivity index (χ1) is 9.81. The standard InChI is InChI=1S/C16H14NO2S/c1-2-19-16(18)12-8-9-14(15-7-5-11-20-15)17-10-4-3-6-13(12)17/h3-11H,2H2,1H3/q+1. The molecule has 0 atom stereocenters. The van der Waals surface area contributed by atoms with Gasteiger partial charge in [0.25, 0.3) is 0 Å². The fourth-order valence-electron chi connectivity index (χ4n) is 2.21. The van der Waals surface area contributed by atoms with Gasteiger partial charge in [-0.1, -0.05) is 6.07 Å². The highest BCUT2D eigenvalue weighted by atomic mass is 32.1. The first-order valence-corrected chi connectivity index (χ1v) is 7.33.